The SMILES string of the molecule is CCCCCCCCCCOOC(=O)c1ccccc1-c1ccccc1. The average molecular weight is 354 g/mol. The van der Waals surface area contributed by atoms with Gasteiger partial charge in [0, 0.05) is 0 Å². The minimum absolute atomic E-state index is 0.441. The first-order valence-electron chi connectivity index (χ1n) is 9.81. The van der Waals surface area contributed by atoms with E-state index in [0.29, 0.717) is 12.2 Å². The summed E-state index contributed by atoms with van der Waals surface area (Å²) >= 11 is 0. The van der Waals surface area contributed by atoms with Crippen molar-refractivity contribution in [1.82, 2.24) is 0 Å². The molecule has 0 aromatic heterocycles. The van der Waals surface area contributed by atoms with Crippen LogP contribution < -0.4 is 0 Å². The molecule has 0 aliphatic rings. The third-order valence-corrected chi connectivity index (χ3v) is 4.45. The summed E-state index contributed by atoms with van der Waals surface area (Å²) in [5.74, 6) is -0.441. The standard InChI is InChI=1S/C23H30O3/c1-2-3-4-5-6-7-8-14-19-25-26-23(24)22-18-13-12-17-21(22)20-15-10-9-11-16-20/h9-13,15-18H,2-8,14,19H2,1H3. The Balaban J connectivity index is 1.69. The molecular weight excluding hydrogens is 324 g/mol. The lowest BCUT2D eigenvalue weighted by Gasteiger charge is -2.09. The molecular formula is C23H30O3. The van der Waals surface area contributed by atoms with E-state index >= 15 is 0 Å². The summed E-state index contributed by atoms with van der Waals surface area (Å²) in [4.78, 5) is 22.5. The Hall–Kier alpha value is -2.13. The van der Waals surface area contributed by atoms with Crippen LogP contribution >= 0.6 is 0 Å². The molecule has 0 saturated heterocycles. The van der Waals surface area contributed by atoms with Crippen molar-refractivity contribution in [2.45, 2.75) is 58.3 Å². The largest absolute Gasteiger partial charge is 0.373 e. The number of hydrogen-bond acceptors (Lipinski definition) is 3. The maximum atomic E-state index is 12.3. The minimum atomic E-state index is -0.441. The van der Waals surface area contributed by atoms with E-state index in [4.69, 9.17) is 9.78 Å². The molecule has 0 aliphatic carbocycles. The number of carbonyl (C=O) groups is 1. The molecule has 0 unspecified atom stereocenters. The monoisotopic (exact) mass is 354 g/mol. The van der Waals surface area contributed by atoms with Crippen LogP contribution in [0.4, 0.5) is 0 Å². The van der Waals surface area contributed by atoms with Gasteiger partial charge in [-0.05, 0) is 23.6 Å². The molecule has 0 saturated carbocycles. The molecule has 0 radical (unpaired) electrons. The summed E-state index contributed by atoms with van der Waals surface area (Å²) in [6, 6.07) is 17.3. The van der Waals surface area contributed by atoms with Crippen molar-refractivity contribution in [3.05, 3.63) is 60.2 Å². The van der Waals surface area contributed by atoms with Gasteiger partial charge < -0.3 is 0 Å². The van der Waals surface area contributed by atoms with Gasteiger partial charge in [-0.2, -0.15) is 4.89 Å². The van der Waals surface area contributed by atoms with Crippen LogP contribution in [-0.4, -0.2) is 12.6 Å². The van der Waals surface area contributed by atoms with Crippen molar-refractivity contribution in [1.29, 1.82) is 0 Å². The van der Waals surface area contributed by atoms with Crippen LogP contribution in [-0.2, 0) is 9.78 Å². The van der Waals surface area contributed by atoms with E-state index < -0.39 is 5.97 Å². The van der Waals surface area contributed by atoms with Gasteiger partial charge in [-0.15, -0.1) is 0 Å². The number of unbranched alkanes of at least 4 members (excludes halogenated alkanes) is 7. The minimum Gasteiger partial charge on any atom is -0.293 e. The van der Waals surface area contributed by atoms with E-state index in [1.54, 1.807) is 6.07 Å². The summed E-state index contributed by atoms with van der Waals surface area (Å²) in [6.07, 6.45) is 9.81. The summed E-state index contributed by atoms with van der Waals surface area (Å²) in [5, 5.41) is 0. The van der Waals surface area contributed by atoms with Crippen molar-refractivity contribution >= 4 is 5.97 Å². The lowest BCUT2D eigenvalue weighted by Crippen LogP contribution is -2.08. The fraction of sp³-hybridized carbons (Fsp3) is 0.435. The molecule has 2 aromatic rings. The van der Waals surface area contributed by atoms with Crippen LogP contribution in [0.1, 0.15) is 68.6 Å². The smallest absolute Gasteiger partial charge is 0.293 e. The Labute approximate surface area is 157 Å². The average Bonchev–Trinajstić information content (AvgIpc) is 2.70. The number of benzene rings is 2. The van der Waals surface area contributed by atoms with Crippen molar-refractivity contribution in [2.75, 3.05) is 6.61 Å². The van der Waals surface area contributed by atoms with Crippen molar-refractivity contribution in [2.24, 2.45) is 0 Å². The van der Waals surface area contributed by atoms with Gasteiger partial charge in [0.2, 0.25) is 0 Å². The molecule has 3 nitrogen and oxygen atoms in total. The van der Waals surface area contributed by atoms with Crippen LogP contribution in [0.2, 0.25) is 0 Å². The van der Waals surface area contributed by atoms with E-state index in [1.807, 2.05) is 48.5 Å². The summed E-state index contributed by atoms with van der Waals surface area (Å²) in [5.41, 5.74) is 2.37. The zero-order valence-corrected chi connectivity index (χ0v) is 15.8. The van der Waals surface area contributed by atoms with Crippen molar-refractivity contribution < 1.29 is 14.6 Å². The van der Waals surface area contributed by atoms with E-state index in [0.717, 1.165) is 24.0 Å². The Kier molecular flexibility index (Phi) is 9.52. The van der Waals surface area contributed by atoms with Crippen LogP contribution in [0.25, 0.3) is 11.1 Å². The van der Waals surface area contributed by atoms with E-state index in [-0.39, 0.29) is 0 Å². The quantitative estimate of drug-likeness (QED) is 0.245. The second kappa shape index (κ2) is 12.3. The highest BCUT2D eigenvalue weighted by Crippen LogP contribution is 2.24. The van der Waals surface area contributed by atoms with Crippen LogP contribution in [0, 0.1) is 0 Å². The Morgan fingerprint density at radius 2 is 1.38 bits per heavy atom. The molecule has 0 aliphatic heterocycles. The number of carbonyl (C=O) groups excluding carboxylic acids is 1. The van der Waals surface area contributed by atoms with Gasteiger partial charge in [0.05, 0.1) is 12.2 Å². The topological polar surface area (TPSA) is 35.5 Å². The maximum absolute atomic E-state index is 12.3. The number of hydrogen-bond donors (Lipinski definition) is 0. The molecule has 0 N–H and O–H groups in total. The van der Waals surface area contributed by atoms with E-state index in [2.05, 4.69) is 6.92 Å². The molecule has 2 rings (SSSR count). The van der Waals surface area contributed by atoms with E-state index in [9.17, 15) is 4.79 Å². The molecule has 0 amide bonds. The van der Waals surface area contributed by atoms with Gasteiger partial charge >= 0.3 is 5.97 Å². The van der Waals surface area contributed by atoms with Gasteiger partial charge in [0.1, 0.15) is 0 Å². The Bertz CT molecular complexity index is 637. The summed E-state index contributed by atoms with van der Waals surface area (Å²) in [6.45, 7) is 2.69. The van der Waals surface area contributed by atoms with Gasteiger partial charge in [-0.25, -0.2) is 4.79 Å². The summed E-state index contributed by atoms with van der Waals surface area (Å²) in [7, 11) is 0. The van der Waals surface area contributed by atoms with Gasteiger partial charge in [-0.3, -0.25) is 4.89 Å². The molecule has 2 aromatic carbocycles. The molecule has 3 heteroatoms. The molecule has 140 valence electrons. The second-order valence-corrected chi connectivity index (χ2v) is 6.58. The molecule has 26 heavy (non-hydrogen) atoms. The molecule has 0 atom stereocenters. The Morgan fingerprint density at radius 1 is 0.769 bits per heavy atom. The highest BCUT2D eigenvalue weighted by atomic mass is 17.2. The zero-order valence-electron chi connectivity index (χ0n) is 15.8. The first-order chi connectivity index (χ1) is 12.8. The fourth-order valence-corrected chi connectivity index (χ4v) is 2.97. The lowest BCUT2D eigenvalue weighted by atomic mass is 10.00. The third-order valence-electron chi connectivity index (χ3n) is 4.45. The first kappa shape index (κ1) is 20.2. The fourth-order valence-electron chi connectivity index (χ4n) is 2.97. The first-order valence-corrected chi connectivity index (χ1v) is 9.81. The van der Waals surface area contributed by atoms with Gasteiger partial charge in [-0.1, -0.05) is 100 Å². The van der Waals surface area contributed by atoms with Crippen molar-refractivity contribution in [3.8, 4) is 11.1 Å². The molecule has 0 spiro atoms. The van der Waals surface area contributed by atoms with E-state index in [1.165, 1.54) is 38.5 Å². The van der Waals surface area contributed by atoms with Crippen LogP contribution in [0.5, 0.6) is 0 Å². The van der Waals surface area contributed by atoms with Crippen molar-refractivity contribution in [3.63, 3.8) is 0 Å². The third kappa shape index (κ3) is 7.01. The van der Waals surface area contributed by atoms with Gasteiger partial charge in [0.15, 0.2) is 0 Å². The number of rotatable bonds is 12. The maximum Gasteiger partial charge on any atom is 0.373 e. The lowest BCUT2D eigenvalue weighted by molar-refractivity contribution is -0.241. The second-order valence-electron chi connectivity index (χ2n) is 6.58. The predicted molar refractivity (Wildman–Crippen MR) is 106 cm³/mol. The van der Waals surface area contributed by atoms with Crippen LogP contribution in [0.3, 0.4) is 0 Å². The molecule has 0 bridgehead atoms. The zero-order chi connectivity index (χ0) is 18.5. The normalized spacial score (nSPS) is 10.7. The van der Waals surface area contributed by atoms with Crippen LogP contribution in [0.15, 0.2) is 54.6 Å². The summed E-state index contributed by atoms with van der Waals surface area (Å²) < 4.78 is 0. The molecule has 0 heterocycles. The molecule has 0 fully saturated rings. The highest BCUT2D eigenvalue weighted by molar-refractivity contribution is 5.96. The van der Waals surface area contributed by atoms with Gasteiger partial charge in [0.25, 0.3) is 0 Å². The predicted octanol–water partition coefficient (Wildman–Crippen LogP) is 6.58. The highest BCUT2D eigenvalue weighted by Gasteiger charge is 2.14. The Morgan fingerprint density at radius 3 is 2.12 bits per heavy atom.